The van der Waals surface area contributed by atoms with E-state index < -0.39 is 0 Å². The number of hydrogen-bond acceptors (Lipinski definition) is 3. The lowest BCUT2D eigenvalue weighted by Crippen LogP contribution is -2.23. The van der Waals surface area contributed by atoms with Crippen LogP contribution < -0.4 is 5.32 Å². The van der Waals surface area contributed by atoms with Crippen LogP contribution in [-0.4, -0.2) is 18.1 Å². The van der Waals surface area contributed by atoms with Crippen molar-refractivity contribution in [2.24, 2.45) is 0 Å². The Hall–Kier alpha value is -1.32. The van der Waals surface area contributed by atoms with Gasteiger partial charge in [-0.25, -0.2) is 4.98 Å². The van der Waals surface area contributed by atoms with E-state index in [1.54, 1.807) is 6.20 Å². The van der Waals surface area contributed by atoms with Gasteiger partial charge >= 0.3 is 0 Å². The summed E-state index contributed by atoms with van der Waals surface area (Å²) in [6.45, 7) is 2.09. The fourth-order valence-electron chi connectivity index (χ4n) is 1.56. The summed E-state index contributed by atoms with van der Waals surface area (Å²) in [5.41, 5.74) is 0.831. The number of oxazole rings is 1. The first-order valence-corrected chi connectivity index (χ1v) is 5.95. The third-order valence-electron chi connectivity index (χ3n) is 2.66. The summed E-state index contributed by atoms with van der Waals surface area (Å²) in [6, 6.07) is 7.90. The van der Waals surface area contributed by atoms with E-state index in [0.717, 1.165) is 17.7 Å². The van der Waals surface area contributed by atoms with Crippen LogP contribution in [0.2, 0.25) is 5.02 Å². The molecule has 0 radical (unpaired) electrons. The molecule has 2 aromatic rings. The van der Waals surface area contributed by atoms with Gasteiger partial charge in [0.15, 0.2) is 0 Å². The Labute approximate surface area is 106 Å². The minimum Gasteiger partial charge on any atom is -0.441 e. The van der Waals surface area contributed by atoms with Crippen molar-refractivity contribution in [3.8, 4) is 11.5 Å². The molecule has 1 unspecified atom stereocenters. The molecule has 0 amide bonds. The molecule has 1 aromatic heterocycles. The highest BCUT2D eigenvalue weighted by Gasteiger charge is 2.11. The standard InChI is InChI=1S/C13H15ClN2O/c1-9(15-2)7-10-8-16-13(17-10)11-5-3-4-6-12(11)14/h3-6,8-9,15H,7H2,1-2H3. The molecule has 0 aliphatic rings. The molecule has 0 saturated carbocycles. The number of likely N-dealkylation sites (N-methyl/N-ethyl adjacent to an activating group) is 1. The first-order valence-electron chi connectivity index (χ1n) is 5.57. The Morgan fingerprint density at radius 1 is 1.41 bits per heavy atom. The number of rotatable bonds is 4. The summed E-state index contributed by atoms with van der Waals surface area (Å²) in [7, 11) is 1.93. The van der Waals surface area contributed by atoms with Gasteiger partial charge in [-0.3, -0.25) is 0 Å². The Kier molecular flexibility index (Phi) is 3.82. The third-order valence-corrected chi connectivity index (χ3v) is 2.99. The van der Waals surface area contributed by atoms with Crippen molar-refractivity contribution in [3.63, 3.8) is 0 Å². The van der Waals surface area contributed by atoms with Crippen LogP contribution in [0, 0.1) is 0 Å². The fraction of sp³-hybridized carbons (Fsp3) is 0.308. The maximum atomic E-state index is 6.09. The number of benzene rings is 1. The maximum absolute atomic E-state index is 6.09. The van der Waals surface area contributed by atoms with Gasteiger partial charge in [-0.2, -0.15) is 0 Å². The fourth-order valence-corrected chi connectivity index (χ4v) is 1.78. The van der Waals surface area contributed by atoms with Crippen LogP contribution >= 0.6 is 11.6 Å². The molecule has 1 N–H and O–H groups in total. The molecule has 4 heteroatoms. The lowest BCUT2D eigenvalue weighted by Gasteiger charge is -2.06. The molecule has 3 nitrogen and oxygen atoms in total. The molecule has 17 heavy (non-hydrogen) atoms. The van der Waals surface area contributed by atoms with Gasteiger partial charge in [0, 0.05) is 12.5 Å². The van der Waals surface area contributed by atoms with Crippen molar-refractivity contribution < 1.29 is 4.42 Å². The van der Waals surface area contributed by atoms with E-state index >= 15 is 0 Å². The minimum absolute atomic E-state index is 0.363. The van der Waals surface area contributed by atoms with Crippen molar-refractivity contribution in [3.05, 3.63) is 41.2 Å². The highest BCUT2D eigenvalue weighted by atomic mass is 35.5. The van der Waals surface area contributed by atoms with Crippen LogP contribution in [0.4, 0.5) is 0 Å². The SMILES string of the molecule is CNC(C)Cc1cnc(-c2ccccc2Cl)o1. The van der Waals surface area contributed by atoms with Gasteiger partial charge in [0.2, 0.25) is 5.89 Å². The normalized spacial score (nSPS) is 12.6. The van der Waals surface area contributed by atoms with Gasteiger partial charge in [0.1, 0.15) is 5.76 Å². The lowest BCUT2D eigenvalue weighted by molar-refractivity contribution is 0.479. The summed E-state index contributed by atoms with van der Waals surface area (Å²) >= 11 is 6.09. The van der Waals surface area contributed by atoms with Crippen molar-refractivity contribution in [2.75, 3.05) is 7.05 Å². The van der Waals surface area contributed by atoms with E-state index in [4.69, 9.17) is 16.0 Å². The molecule has 0 spiro atoms. The van der Waals surface area contributed by atoms with Crippen molar-refractivity contribution in [2.45, 2.75) is 19.4 Å². The summed E-state index contributed by atoms with van der Waals surface area (Å²) in [6.07, 6.45) is 2.57. The van der Waals surface area contributed by atoms with Gasteiger partial charge in [-0.05, 0) is 26.1 Å². The Bertz CT molecular complexity index is 496. The molecule has 1 heterocycles. The highest BCUT2D eigenvalue weighted by Crippen LogP contribution is 2.27. The maximum Gasteiger partial charge on any atom is 0.227 e. The Morgan fingerprint density at radius 3 is 2.88 bits per heavy atom. The van der Waals surface area contributed by atoms with Crippen LogP contribution in [-0.2, 0) is 6.42 Å². The second kappa shape index (κ2) is 5.34. The van der Waals surface area contributed by atoms with Crippen LogP contribution in [0.1, 0.15) is 12.7 Å². The van der Waals surface area contributed by atoms with Crippen molar-refractivity contribution in [1.82, 2.24) is 10.3 Å². The van der Waals surface area contributed by atoms with Gasteiger partial charge in [0.25, 0.3) is 0 Å². The van der Waals surface area contributed by atoms with Crippen LogP contribution in [0.5, 0.6) is 0 Å². The average Bonchev–Trinajstić information content (AvgIpc) is 2.78. The molecule has 0 aliphatic heterocycles. The van der Waals surface area contributed by atoms with Gasteiger partial charge in [0.05, 0.1) is 16.8 Å². The van der Waals surface area contributed by atoms with Gasteiger partial charge < -0.3 is 9.73 Å². The summed E-state index contributed by atoms with van der Waals surface area (Å²) in [4.78, 5) is 4.26. The number of halogens is 1. The minimum atomic E-state index is 0.363. The average molecular weight is 251 g/mol. The molecular weight excluding hydrogens is 236 g/mol. The molecule has 0 fully saturated rings. The van der Waals surface area contributed by atoms with Crippen LogP contribution in [0.15, 0.2) is 34.9 Å². The number of nitrogens with one attached hydrogen (secondary N) is 1. The Morgan fingerprint density at radius 2 is 2.18 bits per heavy atom. The largest absolute Gasteiger partial charge is 0.441 e. The molecule has 1 aromatic carbocycles. The smallest absolute Gasteiger partial charge is 0.227 e. The van der Waals surface area contributed by atoms with E-state index in [1.807, 2.05) is 31.3 Å². The topological polar surface area (TPSA) is 38.1 Å². The zero-order valence-corrected chi connectivity index (χ0v) is 10.7. The predicted octanol–water partition coefficient (Wildman–Crippen LogP) is 3.15. The molecule has 90 valence electrons. The van der Waals surface area contributed by atoms with E-state index in [0.29, 0.717) is 17.0 Å². The molecule has 0 saturated heterocycles. The zero-order valence-electron chi connectivity index (χ0n) is 9.90. The summed E-state index contributed by atoms with van der Waals surface area (Å²) in [5, 5.41) is 3.82. The molecular formula is C13H15ClN2O. The summed E-state index contributed by atoms with van der Waals surface area (Å²) < 4.78 is 5.69. The quantitative estimate of drug-likeness (QED) is 0.906. The molecule has 0 aliphatic carbocycles. The second-order valence-electron chi connectivity index (χ2n) is 4.01. The third kappa shape index (κ3) is 2.87. The predicted molar refractivity (Wildman–Crippen MR) is 69.2 cm³/mol. The van der Waals surface area contributed by atoms with E-state index in [9.17, 15) is 0 Å². The van der Waals surface area contributed by atoms with E-state index in [2.05, 4.69) is 17.2 Å². The number of nitrogens with zero attached hydrogens (tertiary/aromatic N) is 1. The first-order chi connectivity index (χ1) is 8.20. The van der Waals surface area contributed by atoms with Gasteiger partial charge in [-0.1, -0.05) is 23.7 Å². The molecule has 2 rings (SSSR count). The first kappa shape index (κ1) is 12.1. The number of hydrogen-bond donors (Lipinski definition) is 1. The monoisotopic (exact) mass is 250 g/mol. The van der Waals surface area contributed by atoms with Crippen LogP contribution in [0.25, 0.3) is 11.5 Å². The highest BCUT2D eigenvalue weighted by molar-refractivity contribution is 6.33. The van der Waals surface area contributed by atoms with E-state index in [1.165, 1.54) is 0 Å². The van der Waals surface area contributed by atoms with Crippen molar-refractivity contribution in [1.29, 1.82) is 0 Å². The van der Waals surface area contributed by atoms with Crippen LogP contribution in [0.3, 0.4) is 0 Å². The van der Waals surface area contributed by atoms with Crippen molar-refractivity contribution >= 4 is 11.6 Å². The lowest BCUT2D eigenvalue weighted by atomic mass is 10.2. The van der Waals surface area contributed by atoms with Gasteiger partial charge in [-0.15, -0.1) is 0 Å². The summed E-state index contributed by atoms with van der Waals surface area (Å²) in [5.74, 6) is 1.44. The Balaban J connectivity index is 2.21. The second-order valence-corrected chi connectivity index (χ2v) is 4.41. The zero-order chi connectivity index (χ0) is 12.3. The number of aromatic nitrogens is 1. The van der Waals surface area contributed by atoms with E-state index in [-0.39, 0.29) is 0 Å². The molecule has 1 atom stereocenters. The molecule has 0 bridgehead atoms.